The zero-order valence-corrected chi connectivity index (χ0v) is 17.2. The highest BCUT2D eigenvalue weighted by Crippen LogP contribution is 2.33. The van der Waals surface area contributed by atoms with Gasteiger partial charge >= 0.3 is 0 Å². The van der Waals surface area contributed by atoms with Crippen molar-refractivity contribution in [3.8, 4) is 0 Å². The van der Waals surface area contributed by atoms with Crippen molar-refractivity contribution in [2.75, 3.05) is 26.2 Å². The lowest BCUT2D eigenvalue weighted by molar-refractivity contribution is -0.141. The number of H-pyrrole nitrogens is 1. The largest absolute Gasteiger partial charge is 0.340 e. The van der Waals surface area contributed by atoms with Crippen molar-refractivity contribution in [1.29, 1.82) is 0 Å². The van der Waals surface area contributed by atoms with E-state index in [1.165, 1.54) is 16.9 Å². The van der Waals surface area contributed by atoms with Gasteiger partial charge < -0.3 is 9.88 Å². The molecule has 2 aromatic heterocycles. The maximum Gasteiger partial charge on any atom is 0.259 e. The molecule has 2 aliphatic rings. The summed E-state index contributed by atoms with van der Waals surface area (Å²) in [5.74, 6) is 0.945. The van der Waals surface area contributed by atoms with Gasteiger partial charge in [0.2, 0.25) is 5.91 Å². The highest BCUT2D eigenvalue weighted by molar-refractivity contribution is 7.18. The summed E-state index contributed by atoms with van der Waals surface area (Å²) in [6, 6.07) is 0. The number of aromatic amines is 1. The van der Waals surface area contributed by atoms with E-state index in [4.69, 9.17) is 4.98 Å². The van der Waals surface area contributed by atoms with Crippen molar-refractivity contribution in [3.63, 3.8) is 0 Å². The molecule has 0 aromatic carbocycles. The molecule has 3 heterocycles. The molecule has 1 aliphatic carbocycles. The maximum absolute atomic E-state index is 12.7. The molecule has 2 aromatic rings. The van der Waals surface area contributed by atoms with Crippen molar-refractivity contribution in [1.82, 2.24) is 19.8 Å². The van der Waals surface area contributed by atoms with Crippen molar-refractivity contribution in [2.45, 2.75) is 53.0 Å². The average Bonchev–Trinajstić information content (AvgIpc) is 2.99. The second kappa shape index (κ2) is 7.02. The van der Waals surface area contributed by atoms with Gasteiger partial charge in [-0.15, -0.1) is 11.3 Å². The fourth-order valence-electron chi connectivity index (χ4n) is 4.08. The van der Waals surface area contributed by atoms with Crippen LogP contribution in [0.4, 0.5) is 0 Å². The first kappa shape index (κ1) is 18.6. The van der Waals surface area contributed by atoms with Crippen molar-refractivity contribution >= 4 is 27.5 Å². The van der Waals surface area contributed by atoms with E-state index in [1.807, 2.05) is 25.7 Å². The molecular weight excluding hydrogens is 360 g/mol. The van der Waals surface area contributed by atoms with Crippen LogP contribution in [-0.2, 0) is 24.2 Å². The third kappa shape index (κ3) is 3.67. The van der Waals surface area contributed by atoms with Crippen LogP contribution >= 0.6 is 11.3 Å². The topological polar surface area (TPSA) is 69.3 Å². The SMILES string of the molecule is CC(C)(C)C(=O)N1CCN(Cc2nc3sc4c(c3c(=O)[nH]2)CCCC4)CC1. The molecule has 0 bridgehead atoms. The summed E-state index contributed by atoms with van der Waals surface area (Å²) < 4.78 is 0. The number of carbonyl (C=O) groups is 1. The number of nitrogens with zero attached hydrogens (tertiary/aromatic N) is 3. The molecule has 1 saturated heterocycles. The van der Waals surface area contributed by atoms with Crippen molar-refractivity contribution < 1.29 is 4.79 Å². The number of aromatic nitrogens is 2. The fraction of sp³-hybridized carbons (Fsp3) is 0.650. The van der Waals surface area contributed by atoms with Gasteiger partial charge in [0, 0.05) is 36.5 Å². The van der Waals surface area contributed by atoms with E-state index in [9.17, 15) is 9.59 Å². The molecule has 1 fully saturated rings. The molecule has 4 rings (SSSR count). The van der Waals surface area contributed by atoms with Gasteiger partial charge in [0.1, 0.15) is 10.7 Å². The Morgan fingerprint density at radius 2 is 1.85 bits per heavy atom. The first-order valence-electron chi connectivity index (χ1n) is 9.88. The Bertz CT molecular complexity index is 916. The number of aryl methyl sites for hydroxylation is 2. The number of rotatable bonds is 2. The van der Waals surface area contributed by atoms with Crippen LogP contribution in [0.15, 0.2) is 4.79 Å². The van der Waals surface area contributed by atoms with Crippen LogP contribution in [-0.4, -0.2) is 51.9 Å². The Labute approximate surface area is 163 Å². The molecule has 0 atom stereocenters. The standard InChI is InChI=1S/C20H28N4O2S/c1-20(2,3)19(26)24-10-8-23(9-11-24)12-15-21-17(25)16-13-6-4-5-7-14(13)27-18(16)22-15/h4-12H2,1-3H3,(H,21,22,25). The highest BCUT2D eigenvalue weighted by atomic mass is 32.1. The normalized spacial score (nSPS) is 18.7. The molecule has 27 heavy (non-hydrogen) atoms. The fourth-order valence-corrected chi connectivity index (χ4v) is 5.36. The monoisotopic (exact) mass is 388 g/mol. The smallest absolute Gasteiger partial charge is 0.259 e. The van der Waals surface area contributed by atoms with E-state index < -0.39 is 0 Å². The average molecular weight is 389 g/mol. The maximum atomic E-state index is 12.7. The van der Waals surface area contributed by atoms with E-state index >= 15 is 0 Å². The Balaban J connectivity index is 1.47. The van der Waals surface area contributed by atoms with Gasteiger partial charge in [0.25, 0.3) is 5.56 Å². The van der Waals surface area contributed by atoms with Crippen LogP contribution in [0, 0.1) is 5.41 Å². The van der Waals surface area contributed by atoms with Crippen LogP contribution in [0.1, 0.15) is 49.9 Å². The molecule has 1 N–H and O–H groups in total. The van der Waals surface area contributed by atoms with E-state index in [0.29, 0.717) is 6.54 Å². The zero-order chi connectivity index (χ0) is 19.2. The van der Waals surface area contributed by atoms with Crippen LogP contribution in [0.3, 0.4) is 0 Å². The van der Waals surface area contributed by atoms with E-state index in [-0.39, 0.29) is 16.9 Å². The minimum absolute atomic E-state index is 0.0101. The molecule has 7 heteroatoms. The lowest BCUT2D eigenvalue weighted by atomic mass is 9.94. The van der Waals surface area contributed by atoms with Gasteiger partial charge in [0.05, 0.1) is 11.9 Å². The number of amides is 1. The number of hydrogen-bond donors (Lipinski definition) is 1. The van der Waals surface area contributed by atoms with Crippen LogP contribution in [0.2, 0.25) is 0 Å². The minimum Gasteiger partial charge on any atom is -0.340 e. The molecule has 0 radical (unpaired) electrons. The summed E-state index contributed by atoms with van der Waals surface area (Å²) >= 11 is 1.69. The third-order valence-electron chi connectivity index (χ3n) is 5.55. The van der Waals surface area contributed by atoms with Crippen molar-refractivity contribution in [3.05, 3.63) is 26.6 Å². The molecule has 0 spiro atoms. The number of carbonyl (C=O) groups excluding carboxylic acids is 1. The van der Waals surface area contributed by atoms with Gasteiger partial charge in [-0.2, -0.15) is 0 Å². The molecule has 146 valence electrons. The van der Waals surface area contributed by atoms with E-state index in [0.717, 1.165) is 61.5 Å². The lowest BCUT2D eigenvalue weighted by Crippen LogP contribution is -2.51. The molecule has 6 nitrogen and oxygen atoms in total. The summed E-state index contributed by atoms with van der Waals surface area (Å²) in [4.78, 5) is 39.3. The number of piperazine rings is 1. The van der Waals surface area contributed by atoms with Crippen molar-refractivity contribution in [2.24, 2.45) is 5.41 Å². The number of thiophene rings is 1. The quantitative estimate of drug-likeness (QED) is 0.858. The van der Waals surface area contributed by atoms with Gasteiger partial charge in [-0.05, 0) is 31.2 Å². The molecule has 0 unspecified atom stereocenters. The third-order valence-corrected chi connectivity index (χ3v) is 6.73. The van der Waals surface area contributed by atoms with Gasteiger partial charge in [-0.25, -0.2) is 4.98 Å². The summed E-state index contributed by atoms with van der Waals surface area (Å²) in [7, 11) is 0. The molecule has 1 aliphatic heterocycles. The lowest BCUT2D eigenvalue weighted by Gasteiger charge is -2.37. The van der Waals surface area contributed by atoms with Crippen LogP contribution < -0.4 is 5.56 Å². The van der Waals surface area contributed by atoms with Gasteiger partial charge in [-0.1, -0.05) is 20.8 Å². The predicted octanol–water partition coefficient (Wildman–Crippen LogP) is 2.55. The summed E-state index contributed by atoms with van der Waals surface area (Å²) in [6.45, 7) is 9.61. The number of nitrogens with one attached hydrogen (secondary N) is 1. The Hall–Kier alpha value is -1.73. The summed E-state index contributed by atoms with van der Waals surface area (Å²) in [5, 5.41) is 0.819. The highest BCUT2D eigenvalue weighted by Gasteiger charge is 2.30. The number of hydrogen-bond acceptors (Lipinski definition) is 5. The van der Waals surface area contributed by atoms with Gasteiger partial charge in [-0.3, -0.25) is 14.5 Å². The number of fused-ring (bicyclic) bond motifs is 3. The Morgan fingerprint density at radius 1 is 1.15 bits per heavy atom. The molecule has 1 amide bonds. The van der Waals surface area contributed by atoms with Gasteiger partial charge in [0.15, 0.2) is 0 Å². The van der Waals surface area contributed by atoms with E-state index in [1.54, 1.807) is 11.3 Å². The minimum atomic E-state index is -0.335. The zero-order valence-electron chi connectivity index (χ0n) is 16.4. The van der Waals surface area contributed by atoms with Crippen LogP contribution in [0.25, 0.3) is 10.2 Å². The second-order valence-corrected chi connectivity index (χ2v) is 9.81. The first-order valence-corrected chi connectivity index (χ1v) is 10.7. The Kier molecular flexibility index (Phi) is 4.84. The molecular formula is C20H28N4O2S. The van der Waals surface area contributed by atoms with E-state index in [2.05, 4.69) is 9.88 Å². The predicted molar refractivity (Wildman–Crippen MR) is 108 cm³/mol. The molecule has 0 saturated carbocycles. The van der Waals surface area contributed by atoms with Crippen LogP contribution in [0.5, 0.6) is 0 Å². The first-order chi connectivity index (χ1) is 12.8. The Morgan fingerprint density at radius 3 is 2.56 bits per heavy atom. The second-order valence-electron chi connectivity index (χ2n) is 8.72. The summed E-state index contributed by atoms with van der Waals surface area (Å²) in [5.41, 5.74) is 0.907. The summed E-state index contributed by atoms with van der Waals surface area (Å²) in [6.07, 6.45) is 4.46.